The molecule has 1 heterocycles. The van der Waals surface area contributed by atoms with Crippen molar-refractivity contribution < 1.29 is 5.11 Å². The minimum absolute atomic E-state index is 0.0125. The van der Waals surface area contributed by atoms with E-state index in [4.69, 9.17) is 10.1 Å². The van der Waals surface area contributed by atoms with E-state index in [1.165, 1.54) is 23.1 Å². The molecule has 27 heavy (non-hydrogen) atoms. The molecule has 0 fully saturated rings. The summed E-state index contributed by atoms with van der Waals surface area (Å²) in [6.07, 6.45) is 6.37. The Balaban J connectivity index is 2.44. The molecule has 146 valence electrons. The highest BCUT2D eigenvalue weighted by Gasteiger charge is 2.32. The van der Waals surface area contributed by atoms with Crippen LogP contribution in [0.2, 0.25) is 0 Å². The second-order valence-corrected chi connectivity index (χ2v) is 7.66. The number of nitrogens with two attached hydrogens (primary N) is 1. The van der Waals surface area contributed by atoms with Crippen LogP contribution in [0, 0.1) is 6.92 Å². The second kappa shape index (κ2) is 9.90. The zero-order valence-corrected chi connectivity index (χ0v) is 17.4. The van der Waals surface area contributed by atoms with Gasteiger partial charge in [-0.15, -0.1) is 0 Å². The summed E-state index contributed by atoms with van der Waals surface area (Å²) in [5, 5.41) is 20.0. The largest absolute Gasteiger partial charge is 0.392 e. The number of allylic oxidation sites excluding steroid dienone is 2. The normalized spacial score (nSPS) is 20.0. The molecule has 0 aliphatic carbocycles. The van der Waals surface area contributed by atoms with Crippen LogP contribution in [0.3, 0.4) is 0 Å². The van der Waals surface area contributed by atoms with Crippen LogP contribution in [0.1, 0.15) is 25.0 Å². The van der Waals surface area contributed by atoms with Crippen molar-refractivity contribution in [2.45, 2.75) is 38.6 Å². The molecular weight excluding hydrogens is 356 g/mol. The maximum atomic E-state index is 10.0. The van der Waals surface area contributed by atoms with Gasteiger partial charge in [-0.05, 0) is 43.5 Å². The van der Waals surface area contributed by atoms with Crippen molar-refractivity contribution in [3.63, 3.8) is 0 Å². The minimum atomic E-state index is -0.0824. The van der Waals surface area contributed by atoms with Crippen LogP contribution in [0.15, 0.2) is 65.3 Å². The molecule has 5 nitrogen and oxygen atoms in total. The van der Waals surface area contributed by atoms with Gasteiger partial charge >= 0.3 is 0 Å². The highest BCUT2D eigenvalue weighted by molar-refractivity contribution is 7.97. The zero-order valence-electron chi connectivity index (χ0n) is 16.6. The Hall–Kier alpha value is -1.86. The third kappa shape index (κ3) is 5.11. The van der Waals surface area contributed by atoms with Gasteiger partial charge in [0.1, 0.15) is 12.0 Å². The van der Waals surface area contributed by atoms with Crippen LogP contribution in [0.5, 0.6) is 0 Å². The SMILES string of the molecule is C=C/C=C(\C(=C/C(C)SN)CO)N1C(Cc2ccccc2C)=NC(C)N1C. The number of hydrogen-bond donors (Lipinski definition) is 2. The first-order valence-electron chi connectivity index (χ1n) is 9.07. The number of aliphatic hydroxyl groups is 1. The van der Waals surface area contributed by atoms with Crippen LogP contribution in [0.4, 0.5) is 0 Å². The summed E-state index contributed by atoms with van der Waals surface area (Å²) in [6.45, 7) is 9.95. The van der Waals surface area contributed by atoms with Crippen molar-refractivity contribution >= 4 is 17.8 Å². The van der Waals surface area contributed by atoms with E-state index in [0.29, 0.717) is 0 Å². The van der Waals surface area contributed by atoms with Crippen LogP contribution < -0.4 is 5.14 Å². The Kier molecular flexibility index (Phi) is 7.86. The summed E-state index contributed by atoms with van der Waals surface area (Å²) in [5.74, 6) is 0.944. The fourth-order valence-corrected chi connectivity index (χ4v) is 3.32. The van der Waals surface area contributed by atoms with Gasteiger partial charge in [0, 0.05) is 18.7 Å². The number of rotatable bonds is 8. The lowest BCUT2D eigenvalue weighted by molar-refractivity contribution is 0.0980. The zero-order chi connectivity index (χ0) is 20.0. The van der Waals surface area contributed by atoms with E-state index in [0.717, 1.165) is 23.5 Å². The molecule has 0 saturated carbocycles. The van der Waals surface area contributed by atoms with Crippen LogP contribution in [-0.2, 0) is 6.42 Å². The molecule has 2 unspecified atom stereocenters. The van der Waals surface area contributed by atoms with E-state index >= 15 is 0 Å². The molecule has 1 aliphatic rings. The quantitative estimate of drug-likeness (QED) is 0.529. The lowest BCUT2D eigenvalue weighted by Gasteiger charge is -2.32. The van der Waals surface area contributed by atoms with Crippen LogP contribution in [-0.4, -0.2) is 46.0 Å². The third-order valence-corrected chi connectivity index (χ3v) is 5.27. The Morgan fingerprint density at radius 2 is 2.15 bits per heavy atom. The number of benzene rings is 1. The molecule has 1 aromatic carbocycles. The number of aliphatic hydroxyl groups excluding tert-OH is 1. The standard InChI is InChI=1S/C21H30N4OS/c1-6-9-20(19(14-26)12-16(3)27-22)25-21(23-17(4)24(25)5)13-18-11-8-7-10-15(18)2/h6-12,16-17,26H,1,13-14,22H2,2-5H3/b19-12-,20-9+. The van der Waals surface area contributed by atoms with Crippen LogP contribution in [0.25, 0.3) is 0 Å². The van der Waals surface area contributed by atoms with Crippen LogP contribution >= 0.6 is 11.9 Å². The average Bonchev–Trinajstić information content (AvgIpc) is 2.93. The lowest BCUT2D eigenvalue weighted by Crippen LogP contribution is -2.42. The maximum Gasteiger partial charge on any atom is 0.125 e. The van der Waals surface area contributed by atoms with Crippen molar-refractivity contribution in [1.29, 1.82) is 0 Å². The molecule has 0 saturated heterocycles. The van der Waals surface area contributed by atoms with Crippen molar-refractivity contribution in [3.8, 4) is 0 Å². The first-order valence-corrected chi connectivity index (χ1v) is 10.0. The number of hydrazine groups is 1. The van der Waals surface area contributed by atoms with Gasteiger partial charge in [0.2, 0.25) is 0 Å². The van der Waals surface area contributed by atoms with Gasteiger partial charge in [-0.3, -0.25) is 15.1 Å². The third-order valence-electron chi connectivity index (χ3n) is 4.70. The fraction of sp³-hybridized carbons (Fsp3) is 0.381. The Morgan fingerprint density at radius 1 is 1.44 bits per heavy atom. The maximum absolute atomic E-state index is 10.0. The first kappa shape index (κ1) is 21.4. The molecule has 2 rings (SSSR count). The summed E-state index contributed by atoms with van der Waals surface area (Å²) in [5.41, 5.74) is 4.15. The fourth-order valence-electron chi connectivity index (χ4n) is 3.08. The summed E-state index contributed by atoms with van der Waals surface area (Å²) < 4.78 is 0. The Morgan fingerprint density at radius 3 is 2.74 bits per heavy atom. The minimum Gasteiger partial charge on any atom is -0.392 e. The molecule has 0 radical (unpaired) electrons. The first-order chi connectivity index (χ1) is 12.9. The van der Waals surface area contributed by atoms with Gasteiger partial charge in [-0.1, -0.05) is 54.9 Å². The lowest BCUT2D eigenvalue weighted by atomic mass is 10.0. The van der Waals surface area contributed by atoms with Crippen molar-refractivity contribution in [1.82, 2.24) is 10.0 Å². The van der Waals surface area contributed by atoms with Gasteiger partial charge in [0.15, 0.2) is 0 Å². The number of nitrogens with zero attached hydrogens (tertiary/aromatic N) is 3. The second-order valence-electron chi connectivity index (χ2n) is 6.64. The molecule has 0 aromatic heterocycles. The molecule has 6 heteroatoms. The van der Waals surface area contributed by atoms with E-state index < -0.39 is 0 Å². The topological polar surface area (TPSA) is 65.1 Å². The van der Waals surface area contributed by atoms with Gasteiger partial charge in [0.25, 0.3) is 0 Å². The van der Waals surface area contributed by atoms with E-state index in [2.05, 4.69) is 48.6 Å². The van der Waals surface area contributed by atoms with Crippen molar-refractivity contribution in [3.05, 3.63) is 71.5 Å². The molecular formula is C21H30N4OS. The Bertz CT molecular complexity index is 756. The smallest absolute Gasteiger partial charge is 0.125 e. The molecule has 3 N–H and O–H groups in total. The van der Waals surface area contributed by atoms with Crippen molar-refractivity contribution in [2.75, 3.05) is 13.7 Å². The molecule has 2 atom stereocenters. The highest BCUT2D eigenvalue weighted by Crippen LogP contribution is 2.27. The van der Waals surface area contributed by atoms with Gasteiger partial charge < -0.3 is 5.11 Å². The number of aryl methyl sites for hydroxylation is 1. The van der Waals surface area contributed by atoms with E-state index in [1.54, 1.807) is 6.08 Å². The predicted molar refractivity (Wildman–Crippen MR) is 116 cm³/mol. The van der Waals surface area contributed by atoms with E-state index in [-0.39, 0.29) is 18.0 Å². The molecule has 1 aromatic rings. The van der Waals surface area contributed by atoms with E-state index in [9.17, 15) is 5.11 Å². The summed E-state index contributed by atoms with van der Waals surface area (Å²) in [6, 6.07) is 8.34. The molecule has 0 amide bonds. The summed E-state index contributed by atoms with van der Waals surface area (Å²) in [4.78, 5) is 4.86. The summed E-state index contributed by atoms with van der Waals surface area (Å²) in [7, 11) is 2.01. The highest BCUT2D eigenvalue weighted by atomic mass is 32.2. The van der Waals surface area contributed by atoms with E-state index in [1.807, 2.05) is 32.2 Å². The van der Waals surface area contributed by atoms with Gasteiger partial charge in [0.05, 0.1) is 12.3 Å². The van der Waals surface area contributed by atoms with Gasteiger partial charge in [-0.25, -0.2) is 0 Å². The van der Waals surface area contributed by atoms with Crippen molar-refractivity contribution in [2.24, 2.45) is 10.1 Å². The summed E-state index contributed by atoms with van der Waals surface area (Å²) >= 11 is 1.25. The predicted octanol–water partition coefficient (Wildman–Crippen LogP) is 3.43. The Labute approximate surface area is 167 Å². The number of aliphatic imine (C=N–C) groups is 1. The molecule has 0 bridgehead atoms. The monoisotopic (exact) mass is 386 g/mol. The van der Waals surface area contributed by atoms with Gasteiger partial charge in [-0.2, -0.15) is 5.01 Å². The average molecular weight is 387 g/mol. The number of amidine groups is 1. The number of hydrogen-bond acceptors (Lipinski definition) is 6. The molecule has 0 spiro atoms. The molecule has 1 aliphatic heterocycles.